The Morgan fingerprint density at radius 1 is 0.250 bits per heavy atom. The summed E-state index contributed by atoms with van der Waals surface area (Å²) < 4.78 is 0. The lowest BCUT2D eigenvalue weighted by atomic mass is 9.82. The van der Waals surface area contributed by atoms with Gasteiger partial charge in [0.05, 0.1) is 0 Å². The molecule has 186 valence electrons. The van der Waals surface area contributed by atoms with Gasteiger partial charge < -0.3 is 0 Å². The minimum Gasteiger partial charge on any atom is -0.0622 e. The quantitative estimate of drug-likeness (QED) is 0.165. The third-order valence-corrected chi connectivity index (χ3v) is 8.25. The predicted molar refractivity (Wildman–Crippen MR) is 173 cm³/mol. The summed E-state index contributed by atoms with van der Waals surface area (Å²) in [6.45, 7) is 0. The second-order valence-electron chi connectivity index (χ2n) is 10.4. The van der Waals surface area contributed by atoms with Crippen LogP contribution in [0.1, 0.15) is 0 Å². The zero-order chi connectivity index (χ0) is 26.5. The van der Waals surface area contributed by atoms with Crippen molar-refractivity contribution in [3.63, 3.8) is 0 Å². The van der Waals surface area contributed by atoms with Crippen LogP contribution in [0, 0.1) is 0 Å². The molecule has 0 N–H and O–H groups in total. The number of benzene rings is 8. The number of fused-ring (bicyclic) bond motifs is 5. The zero-order valence-corrected chi connectivity index (χ0v) is 22.0. The SMILES string of the molecule is c1ccc(-c2ccccc2-c2c3ccccc3c(-c3cccc4ccc5ccccc5c34)c3ccccc23)cc1. The van der Waals surface area contributed by atoms with E-state index in [0.717, 1.165) is 0 Å². The normalized spacial score (nSPS) is 11.5. The van der Waals surface area contributed by atoms with Crippen molar-refractivity contribution >= 4 is 43.1 Å². The highest BCUT2D eigenvalue weighted by Crippen LogP contribution is 2.47. The van der Waals surface area contributed by atoms with Crippen molar-refractivity contribution in [2.75, 3.05) is 0 Å². The molecule has 8 aromatic rings. The van der Waals surface area contributed by atoms with Crippen molar-refractivity contribution in [3.05, 3.63) is 158 Å². The van der Waals surface area contributed by atoms with Gasteiger partial charge in [-0.3, -0.25) is 0 Å². The molecule has 0 aliphatic carbocycles. The summed E-state index contributed by atoms with van der Waals surface area (Å²) >= 11 is 0. The molecule has 0 fully saturated rings. The first-order chi connectivity index (χ1) is 19.9. The molecular formula is C40H26. The fraction of sp³-hybridized carbons (Fsp3) is 0. The van der Waals surface area contributed by atoms with E-state index >= 15 is 0 Å². The van der Waals surface area contributed by atoms with Gasteiger partial charge in [0, 0.05) is 0 Å². The Kier molecular flexibility index (Phi) is 5.24. The van der Waals surface area contributed by atoms with E-state index in [0.29, 0.717) is 0 Å². The smallest absolute Gasteiger partial charge is 0.00199 e. The van der Waals surface area contributed by atoms with Gasteiger partial charge >= 0.3 is 0 Å². The average molecular weight is 507 g/mol. The summed E-state index contributed by atoms with van der Waals surface area (Å²) in [6.07, 6.45) is 0. The summed E-state index contributed by atoms with van der Waals surface area (Å²) in [7, 11) is 0. The van der Waals surface area contributed by atoms with E-state index in [1.165, 1.54) is 76.5 Å². The molecule has 0 radical (unpaired) electrons. The molecule has 0 heterocycles. The van der Waals surface area contributed by atoms with Gasteiger partial charge in [0.2, 0.25) is 0 Å². The van der Waals surface area contributed by atoms with E-state index in [9.17, 15) is 0 Å². The maximum Gasteiger partial charge on any atom is -0.00199 e. The van der Waals surface area contributed by atoms with Crippen LogP contribution in [-0.4, -0.2) is 0 Å². The van der Waals surface area contributed by atoms with Crippen molar-refractivity contribution in [3.8, 4) is 33.4 Å². The van der Waals surface area contributed by atoms with Crippen molar-refractivity contribution in [1.82, 2.24) is 0 Å². The number of rotatable bonds is 3. The highest BCUT2D eigenvalue weighted by atomic mass is 14.2. The lowest BCUT2D eigenvalue weighted by molar-refractivity contribution is 1.61. The Bertz CT molecular complexity index is 2150. The van der Waals surface area contributed by atoms with E-state index < -0.39 is 0 Å². The molecule has 0 heteroatoms. The summed E-state index contributed by atoms with van der Waals surface area (Å²) in [5.41, 5.74) is 7.62. The van der Waals surface area contributed by atoms with Crippen molar-refractivity contribution in [2.45, 2.75) is 0 Å². The Labute approximate surface area is 233 Å². The highest BCUT2D eigenvalue weighted by molar-refractivity contribution is 6.26. The summed E-state index contributed by atoms with van der Waals surface area (Å²) in [6, 6.07) is 57.5. The maximum absolute atomic E-state index is 2.31. The molecule has 8 aromatic carbocycles. The van der Waals surface area contributed by atoms with Gasteiger partial charge in [0.15, 0.2) is 0 Å². The fourth-order valence-electron chi connectivity index (χ4n) is 6.55. The molecule has 0 aliphatic heterocycles. The van der Waals surface area contributed by atoms with Crippen molar-refractivity contribution in [2.24, 2.45) is 0 Å². The predicted octanol–water partition coefficient (Wildman–Crippen LogP) is 11.3. The first kappa shape index (κ1) is 22.8. The molecule has 0 nitrogen and oxygen atoms in total. The molecule has 0 bridgehead atoms. The molecule has 0 saturated carbocycles. The molecule has 0 spiro atoms. The molecule has 0 amide bonds. The van der Waals surface area contributed by atoms with E-state index in [1.807, 2.05) is 0 Å². The third kappa shape index (κ3) is 3.47. The largest absolute Gasteiger partial charge is 0.0622 e. The summed E-state index contributed by atoms with van der Waals surface area (Å²) in [5, 5.41) is 10.2. The fourth-order valence-corrected chi connectivity index (χ4v) is 6.55. The minimum absolute atomic E-state index is 1.23. The second-order valence-corrected chi connectivity index (χ2v) is 10.4. The molecular weight excluding hydrogens is 480 g/mol. The van der Waals surface area contributed by atoms with E-state index in [4.69, 9.17) is 0 Å². The van der Waals surface area contributed by atoms with Crippen molar-refractivity contribution < 1.29 is 0 Å². The van der Waals surface area contributed by atoms with Gasteiger partial charge in [-0.2, -0.15) is 0 Å². The molecule has 0 aromatic heterocycles. The molecule has 0 unspecified atom stereocenters. The van der Waals surface area contributed by atoms with Crippen LogP contribution in [0.2, 0.25) is 0 Å². The Balaban J connectivity index is 1.55. The van der Waals surface area contributed by atoms with Gasteiger partial charge in [-0.1, -0.05) is 158 Å². The minimum atomic E-state index is 1.23. The van der Waals surface area contributed by atoms with Crippen LogP contribution in [0.4, 0.5) is 0 Å². The topological polar surface area (TPSA) is 0 Å². The lowest BCUT2D eigenvalue weighted by Crippen LogP contribution is -1.93. The van der Waals surface area contributed by atoms with E-state index in [2.05, 4.69) is 158 Å². The molecule has 0 atom stereocenters. The van der Waals surface area contributed by atoms with Crippen LogP contribution in [0.5, 0.6) is 0 Å². The van der Waals surface area contributed by atoms with Gasteiger partial charge in [-0.25, -0.2) is 0 Å². The van der Waals surface area contributed by atoms with Crippen LogP contribution >= 0.6 is 0 Å². The standard InChI is InChI=1S/C40H26/c1-2-13-27(14-3-1)30-17-6-7-19-32(30)39-33-20-8-10-22-35(33)40(36-23-11-9-21-34(36)39)37-24-12-16-29-26-25-28-15-4-5-18-31(28)38(29)37/h1-26H. The summed E-state index contributed by atoms with van der Waals surface area (Å²) in [4.78, 5) is 0. The average Bonchev–Trinajstić information content (AvgIpc) is 3.03. The molecule has 40 heavy (non-hydrogen) atoms. The lowest BCUT2D eigenvalue weighted by Gasteiger charge is -2.20. The first-order valence-electron chi connectivity index (χ1n) is 13.9. The van der Waals surface area contributed by atoms with Gasteiger partial charge in [-0.15, -0.1) is 0 Å². The van der Waals surface area contributed by atoms with Crippen LogP contribution in [0.25, 0.3) is 76.5 Å². The molecule has 0 aliphatic rings. The number of hydrogen-bond donors (Lipinski definition) is 0. The third-order valence-electron chi connectivity index (χ3n) is 8.25. The van der Waals surface area contributed by atoms with Gasteiger partial charge in [0.1, 0.15) is 0 Å². The zero-order valence-electron chi connectivity index (χ0n) is 22.0. The van der Waals surface area contributed by atoms with E-state index in [1.54, 1.807) is 0 Å². The molecule has 8 rings (SSSR count). The Hall–Kier alpha value is -5.20. The van der Waals surface area contributed by atoms with Crippen LogP contribution in [-0.2, 0) is 0 Å². The van der Waals surface area contributed by atoms with Crippen LogP contribution < -0.4 is 0 Å². The van der Waals surface area contributed by atoms with E-state index in [-0.39, 0.29) is 0 Å². The second kappa shape index (κ2) is 9.22. The molecule has 0 saturated heterocycles. The highest BCUT2D eigenvalue weighted by Gasteiger charge is 2.20. The first-order valence-corrected chi connectivity index (χ1v) is 13.9. The van der Waals surface area contributed by atoms with Crippen molar-refractivity contribution in [1.29, 1.82) is 0 Å². The van der Waals surface area contributed by atoms with Crippen LogP contribution in [0.3, 0.4) is 0 Å². The monoisotopic (exact) mass is 506 g/mol. The van der Waals surface area contributed by atoms with Gasteiger partial charge in [0.25, 0.3) is 0 Å². The van der Waals surface area contributed by atoms with Gasteiger partial charge in [-0.05, 0) is 76.5 Å². The Morgan fingerprint density at radius 2 is 0.700 bits per heavy atom. The maximum atomic E-state index is 2.31. The number of hydrogen-bond acceptors (Lipinski definition) is 0. The van der Waals surface area contributed by atoms with Crippen LogP contribution in [0.15, 0.2) is 158 Å². The Morgan fingerprint density at radius 3 is 1.38 bits per heavy atom. The summed E-state index contributed by atoms with van der Waals surface area (Å²) in [5.74, 6) is 0.